The molecular formula is C16H27N3O. The predicted octanol–water partition coefficient (Wildman–Crippen LogP) is 2.23. The summed E-state index contributed by atoms with van der Waals surface area (Å²) in [5.41, 5.74) is 7.69. The Balaban J connectivity index is 2.75. The summed E-state index contributed by atoms with van der Waals surface area (Å²) in [4.78, 5) is 16.2. The Labute approximate surface area is 122 Å². The molecule has 1 aromatic rings. The molecular weight excluding hydrogens is 250 g/mol. The largest absolute Gasteiger partial charge is 0.378 e. The number of carbonyl (C=O) groups excluding carboxylic acids is 1. The van der Waals surface area contributed by atoms with Crippen molar-refractivity contribution < 1.29 is 4.79 Å². The number of nitrogens with zero attached hydrogens (tertiary/aromatic N) is 2. The van der Waals surface area contributed by atoms with Gasteiger partial charge in [-0.15, -0.1) is 0 Å². The van der Waals surface area contributed by atoms with Crippen molar-refractivity contribution >= 4 is 11.6 Å². The molecule has 0 atom stereocenters. The lowest BCUT2D eigenvalue weighted by molar-refractivity contribution is -0.136. The standard InChI is InChI=1S/C16H27N3O/c1-6-16(17,7-2)15(20)19(5)12-13-8-10-14(11-9-13)18(3)4/h8-11H,6-7,12,17H2,1-5H3. The molecule has 0 spiro atoms. The zero-order valence-electron chi connectivity index (χ0n) is 13.3. The molecule has 2 N–H and O–H groups in total. The van der Waals surface area contributed by atoms with E-state index in [0.717, 1.165) is 11.3 Å². The summed E-state index contributed by atoms with van der Waals surface area (Å²) in [5.74, 6) is 0.0131. The smallest absolute Gasteiger partial charge is 0.242 e. The van der Waals surface area contributed by atoms with Gasteiger partial charge in [0.15, 0.2) is 0 Å². The topological polar surface area (TPSA) is 49.6 Å². The summed E-state index contributed by atoms with van der Waals surface area (Å²) < 4.78 is 0. The Bertz CT molecular complexity index is 436. The van der Waals surface area contributed by atoms with E-state index in [1.165, 1.54) is 0 Å². The van der Waals surface area contributed by atoms with Gasteiger partial charge in [-0.05, 0) is 30.5 Å². The molecule has 0 aliphatic heterocycles. The van der Waals surface area contributed by atoms with Crippen LogP contribution in [0.15, 0.2) is 24.3 Å². The van der Waals surface area contributed by atoms with E-state index >= 15 is 0 Å². The molecule has 0 saturated carbocycles. The van der Waals surface area contributed by atoms with E-state index in [1.54, 1.807) is 4.90 Å². The minimum Gasteiger partial charge on any atom is -0.378 e. The van der Waals surface area contributed by atoms with Crippen LogP contribution in [0, 0.1) is 0 Å². The molecule has 20 heavy (non-hydrogen) atoms. The molecule has 0 bridgehead atoms. The van der Waals surface area contributed by atoms with Crippen LogP contribution in [-0.2, 0) is 11.3 Å². The number of carbonyl (C=O) groups is 1. The molecule has 0 aliphatic rings. The lowest BCUT2D eigenvalue weighted by Crippen LogP contribution is -2.53. The van der Waals surface area contributed by atoms with Crippen LogP contribution in [0.25, 0.3) is 0 Å². The third-order valence-corrected chi connectivity index (χ3v) is 3.91. The summed E-state index contributed by atoms with van der Waals surface area (Å²) >= 11 is 0. The minimum atomic E-state index is -0.738. The van der Waals surface area contributed by atoms with E-state index < -0.39 is 5.54 Å². The maximum atomic E-state index is 12.4. The van der Waals surface area contributed by atoms with Gasteiger partial charge in [-0.25, -0.2) is 0 Å². The van der Waals surface area contributed by atoms with Crippen LogP contribution in [0.4, 0.5) is 5.69 Å². The average Bonchev–Trinajstić information content (AvgIpc) is 2.46. The molecule has 4 heteroatoms. The zero-order chi connectivity index (χ0) is 15.3. The lowest BCUT2D eigenvalue weighted by Gasteiger charge is -2.30. The van der Waals surface area contributed by atoms with Crippen molar-refractivity contribution in [2.24, 2.45) is 5.73 Å². The maximum Gasteiger partial charge on any atom is 0.242 e. The summed E-state index contributed by atoms with van der Waals surface area (Å²) in [5, 5.41) is 0. The van der Waals surface area contributed by atoms with Gasteiger partial charge in [-0.3, -0.25) is 4.79 Å². The summed E-state index contributed by atoms with van der Waals surface area (Å²) in [6.07, 6.45) is 1.32. The van der Waals surface area contributed by atoms with Crippen molar-refractivity contribution in [1.29, 1.82) is 0 Å². The van der Waals surface area contributed by atoms with Crippen molar-refractivity contribution in [3.05, 3.63) is 29.8 Å². The SMILES string of the molecule is CCC(N)(CC)C(=O)N(C)Cc1ccc(N(C)C)cc1. The number of benzene rings is 1. The number of hydrogen-bond donors (Lipinski definition) is 1. The number of likely N-dealkylation sites (N-methyl/N-ethyl adjacent to an activating group) is 1. The van der Waals surface area contributed by atoms with Crippen LogP contribution in [0.3, 0.4) is 0 Å². The highest BCUT2D eigenvalue weighted by Gasteiger charge is 2.32. The van der Waals surface area contributed by atoms with Gasteiger partial charge in [0.2, 0.25) is 5.91 Å². The van der Waals surface area contributed by atoms with Crippen LogP contribution in [0.1, 0.15) is 32.3 Å². The molecule has 4 nitrogen and oxygen atoms in total. The molecule has 0 unspecified atom stereocenters. The molecule has 0 heterocycles. The van der Waals surface area contributed by atoms with Crippen LogP contribution in [0.2, 0.25) is 0 Å². The number of anilines is 1. The molecule has 1 rings (SSSR count). The monoisotopic (exact) mass is 277 g/mol. The normalized spacial score (nSPS) is 11.3. The fraction of sp³-hybridized carbons (Fsp3) is 0.562. The minimum absolute atomic E-state index is 0.0131. The molecule has 0 saturated heterocycles. The van der Waals surface area contributed by atoms with Crippen molar-refractivity contribution in [2.75, 3.05) is 26.0 Å². The van der Waals surface area contributed by atoms with Crippen LogP contribution in [0.5, 0.6) is 0 Å². The van der Waals surface area contributed by atoms with E-state index in [0.29, 0.717) is 19.4 Å². The van der Waals surface area contributed by atoms with Crippen LogP contribution in [-0.4, -0.2) is 37.5 Å². The Kier molecular flexibility index (Phi) is 5.57. The molecule has 1 aromatic carbocycles. The van der Waals surface area contributed by atoms with Crippen LogP contribution < -0.4 is 10.6 Å². The van der Waals surface area contributed by atoms with Crippen molar-refractivity contribution in [2.45, 2.75) is 38.8 Å². The van der Waals surface area contributed by atoms with Gasteiger partial charge < -0.3 is 15.5 Å². The Morgan fingerprint density at radius 2 is 1.60 bits per heavy atom. The van der Waals surface area contributed by atoms with Gasteiger partial charge in [-0.2, -0.15) is 0 Å². The van der Waals surface area contributed by atoms with Gasteiger partial charge in [-0.1, -0.05) is 26.0 Å². The first-order chi connectivity index (χ1) is 9.34. The van der Waals surface area contributed by atoms with Gasteiger partial charge in [0.05, 0.1) is 5.54 Å². The first-order valence-corrected chi connectivity index (χ1v) is 7.14. The lowest BCUT2D eigenvalue weighted by atomic mass is 9.92. The molecule has 0 fully saturated rings. The maximum absolute atomic E-state index is 12.4. The zero-order valence-corrected chi connectivity index (χ0v) is 13.3. The first-order valence-electron chi connectivity index (χ1n) is 7.14. The Morgan fingerprint density at radius 1 is 1.10 bits per heavy atom. The second-order valence-electron chi connectivity index (χ2n) is 5.59. The predicted molar refractivity (Wildman–Crippen MR) is 84.7 cm³/mol. The third-order valence-electron chi connectivity index (χ3n) is 3.91. The summed E-state index contributed by atoms with van der Waals surface area (Å²) in [7, 11) is 5.83. The number of hydrogen-bond acceptors (Lipinski definition) is 3. The third kappa shape index (κ3) is 3.73. The average molecular weight is 277 g/mol. The molecule has 112 valence electrons. The number of rotatable bonds is 6. The quantitative estimate of drug-likeness (QED) is 0.867. The van der Waals surface area contributed by atoms with Gasteiger partial charge >= 0.3 is 0 Å². The number of nitrogens with two attached hydrogens (primary N) is 1. The van der Waals surface area contributed by atoms with Crippen molar-refractivity contribution in [3.8, 4) is 0 Å². The number of amides is 1. The van der Waals surface area contributed by atoms with Gasteiger partial charge in [0.25, 0.3) is 0 Å². The van der Waals surface area contributed by atoms with E-state index in [2.05, 4.69) is 29.2 Å². The second kappa shape index (κ2) is 6.75. The highest BCUT2D eigenvalue weighted by molar-refractivity contribution is 5.85. The summed E-state index contributed by atoms with van der Waals surface area (Å²) in [6.45, 7) is 4.51. The van der Waals surface area contributed by atoms with E-state index in [4.69, 9.17) is 5.73 Å². The van der Waals surface area contributed by atoms with Crippen LogP contribution >= 0.6 is 0 Å². The van der Waals surface area contributed by atoms with Crippen molar-refractivity contribution in [3.63, 3.8) is 0 Å². The highest BCUT2D eigenvalue weighted by atomic mass is 16.2. The molecule has 0 radical (unpaired) electrons. The summed E-state index contributed by atoms with van der Waals surface area (Å²) in [6, 6.07) is 8.22. The second-order valence-corrected chi connectivity index (χ2v) is 5.59. The van der Waals surface area contributed by atoms with E-state index in [-0.39, 0.29) is 5.91 Å². The molecule has 0 aromatic heterocycles. The molecule has 0 aliphatic carbocycles. The van der Waals surface area contributed by atoms with Gasteiger partial charge in [0.1, 0.15) is 0 Å². The Hall–Kier alpha value is -1.55. The van der Waals surface area contributed by atoms with Gasteiger partial charge in [0, 0.05) is 33.4 Å². The molecule has 1 amide bonds. The van der Waals surface area contributed by atoms with E-state index in [1.807, 2.05) is 35.0 Å². The van der Waals surface area contributed by atoms with Crippen molar-refractivity contribution in [1.82, 2.24) is 4.90 Å². The van der Waals surface area contributed by atoms with E-state index in [9.17, 15) is 4.79 Å². The fourth-order valence-corrected chi connectivity index (χ4v) is 2.18. The fourth-order valence-electron chi connectivity index (χ4n) is 2.18. The highest BCUT2D eigenvalue weighted by Crippen LogP contribution is 2.17. The Morgan fingerprint density at radius 3 is 2.00 bits per heavy atom. The first kappa shape index (κ1) is 16.5.